The molecule has 2 bridgehead atoms. The van der Waals surface area contributed by atoms with E-state index in [1.807, 2.05) is 0 Å². The highest BCUT2D eigenvalue weighted by Gasteiger charge is 2.53. The van der Waals surface area contributed by atoms with Gasteiger partial charge in [0.2, 0.25) is 0 Å². The predicted octanol–water partition coefficient (Wildman–Crippen LogP) is 2.87. The van der Waals surface area contributed by atoms with Crippen molar-refractivity contribution in [1.82, 2.24) is 0 Å². The summed E-state index contributed by atoms with van der Waals surface area (Å²) in [6, 6.07) is 0. The zero-order valence-electron chi connectivity index (χ0n) is 8.38. The topological polar surface area (TPSA) is 18.5 Å². The van der Waals surface area contributed by atoms with Gasteiger partial charge in [0.15, 0.2) is 5.79 Å². The van der Waals surface area contributed by atoms with Gasteiger partial charge in [0.25, 0.3) is 0 Å². The average Bonchev–Trinajstić information content (AvgIpc) is 2.62. The maximum atomic E-state index is 5.87. The van der Waals surface area contributed by atoms with Gasteiger partial charge in [-0.1, -0.05) is 5.57 Å². The molecule has 2 nitrogen and oxygen atoms in total. The van der Waals surface area contributed by atoms with Crippen LogP contribution < -0.4 is 0 Å². The minimum absolute atomic E-state index is 0.223. The summed E-state index contributed by atoms with van der Waals surface area (Å²) < 4.78 is 13.3. The van der Waals surface area contributed by atoms with Gasteiger partial charge >= 0.3 is 0 Å². The Morgan fingerprint density at radius 1 is 1.29 bits per heavy atom. The van der Waals surface area contributed by atoms with Crippen molar-refractivity contribution in [3.8, 4) is 0 Å². The Balaban J connectivity index is 2.01. The molecule has 14 heavy (non-hydrogen) atoms. The second kappa shape index (κ2) is 3.19. The van der Waals surface area contributed by atoms with E-state index in [9.17, 15) is 0 Å². The lowest BCUT2D eigenvalue weighted by Crippen LogP contribution is -2.48. The predicted molar refractivity (Wildman–Crippen MR) is 62.2 cm³/mol. The molecule has 2 unspecified atom stereocenters. The summed E-state index contributed by atoms with van der Waals surface area (Å²) >= 11 is 2.49. The number of fused-ring (bicyclic) bond motifs is 1. The van der Waals surface area contributed by atoms with Gasteiger partial charge in [0.05, 0.1) is 13.2 Å². The Morgan fingerprint density at radius 2 is 2.00 bits per heavy atom. The van der Waals surface area contributed by atoms with E-state index in [2.05, 4.69) is 29.5 Å². The minimum atomic E-state index is -0.223. The zero-order chi connectivity index (χ0) is 9.76. The van der Waals surface area contributed by atoms with Gasteiger partial charge in [-0.05, 0) is 51.9 Å². The van der Waals surface area contributed by atoms with Gasteiger partial charge in [0.1, 0.15) is 0 Å². The molecule has 78 valence electrons. The fourth-order valence-electron chi connectivity index (χ4n) is 3.12. The van der Waals surface area contributed by atoms with Crippen LogP contribution in [-0.2, 0) is 9.47 Å². The van der Waals surface area contributed by atoms with Crippen LogP contribution in [0.1, 0.15) is 26.2 Å². The second-order valence-corrected chi connectivity index (χ2v) is 5.73. The Kier molecular flexibility index (Phi) is 2.19. The normalized spacial score (nSPS) is 39.9. The molecule has 0 aromatic rings. The molecule has 2 fully saturated rings. The summed E-state index contributed by atoms with van der Waals surface area (Å²) in [4.78, 5) is 0. The van der Waals surface area contributed by atoms with Crippen molar-refractivity contribution < 1.29 is 9.47 Å². The first-order valence-electron chi connectivity index (χ1n) is 5.37. The number of hydrogen-bond acceptors (Lipinski definition) is 2. The zero-order valence-corrected chi connectivity index (χ0v) is 10.5. The van der Waals surface area contributed by atoms with Crippen molar-refractivity contribution in [2.45, 2.75) is 32.0 Å². The number of ether oxygens (including phenoxy) is 2. The van der Waals surface area contributed by atoms with Crippen LogP contribution in [-0.4, -0.2) is 19.0 Å². The SMILES string of the molecule is CC1=C(I)C2CCC1CC21OCCO1. The van der Waals surface area contributed by atoms with Crippen molar-refractivity contribution in [1.29, 1.82) is 0 Å². The van der Waals surface area contributed by atoms with Crippen LogP contribution in [0.2, 0.25) is 0 Å². The fourth-order valence-corrected chi connectivity index (χ4v) is 4.35. The molecule has 0 radical (unpaired) electrons. The largest absolute Gasteiger partial charge is 0.347 e. The molecular weight excluding hydrogens is 291 g/mol. The summed E-state index contributed by atoms with van der Waals surface area (Å²) in [6.45, 7) is 3.85. The number of allylic oxidation sites excluding steroid dienone is 1. The monoisotopic (exact) mass is 306 g/mol. The molecule has 1 heterocycles. The maximum absolute atomic E-state index is 5.87. The number of halogens is 1. The van der Waals surface area contributed by atoms with Crippen molar-refractivity contribution in [2.24, 2.45) is 11.8 Å². The lowest BCUT2D eigenvalue weighted by atomic mass is 9.68. The van der Waals surface area contributed by atoms with Gasteiger partial charge in [-0.25, -0.2) is 0 Å². The third-order valence-corrected chi connectivity index (χ3v) is 5.54. The van der Waals surface area contributed by atoms with E-state index in [1.165, 1.54) is 16.4 Å². The second-order valence-electron chi connectivity index (χ2n) is 4.57. The molecule has 0 aromatic heterocycles. The molecule has 3 aliphatic carbocycles. The molecular formula is C11H15IO2. The van der Waals surface area contributed by atoms with E-state index in [0.29, 0.717) is 11.8 Å². The molecule has 4 aliphatic rings. The Hall–Kier alpha value is 0.390. The Labute approximate surface area is 98.2 Å². The minimum Gasteiger partial charge on any atom is -0.347 e. The van der Waals surface area contributed by atoms with Gasteiger partial charge in [-0.2, -0.15) is 0 Å². The first-order chi connectivity index (χ1) is 6.73. The lowest BCUT2D eigenvalue weighted by molar-refractivity contribution is -0.213. The van der Waals surface area contributed by atoms with Crippen molar-refractivity contribution in [3.63, 3.8) is 0 Å². The van der Waals surface area contributed by atoms with E-state index in [-0.39, 0.29) is 5.79 Å². The third kappa shape index (κ3) is 1.15. The number of rotatable bonds is 0. The van der Waals surface area contributed by atoms with Crippen LogP contribution in [0.5, 0.6) is 0 Å². The van der Waals surface area contributed by atoms with E-state index in [0.717, 1.165) is 19.6 Å². The van der Waals surface area contributed by atoms with E-state index in [4.69, 9.17) is 9.47 Å². The standard InChI is InChI=1S/C11H15IO2/c1-7-8-2-3-9(10(7)12)11(6-8)13-4-5-14-11/h8-9H,2-6H2,1H3. The van der Waals surface area contributed by atoms with Gasteiger partial charge in [-0.15, -0.1) is 0 Å². The average molecular weight is 306 g/mol. The van der Waals surface area contributed by atoms with Crippen LogP contribution in [0.25, 0.3) is 0 Å². The van der Waals surface area contributed by atoms with Crippen molar-refractivity contribution >= 4 is 22.6 Å². The molecule has 2 atom stereocenters. The first-order valence-corrected chi connectivity index (χ1v) is 6.45. The highest BCUT2D eigenvalue weighted by Crippen LogP contribution is 2.55. The number of hydrogen-bond donors (Lipinski definition) is 0. The highest BCUT2D eigenvalue weighted by atomic mass is 127. The van der Waals surface area contributed by atoms with Crippen molar-refractivity contribution in [2.75, 3.05) is 13.2 Å². The first kappa shape index (κ1) is 9.60. The maximum Gasteiger partial charge on any atom is 0.176 e. The molecule has 0 amide bonds. The molecule has 1 saturated heterocycles. The molecule has 1 saturated carbocycles. The van der Waals surface area contributed by atoms with Gasteiger partial charge in [-0.3, -0.25) is 0 Å². The van der Waals surface area contributed by atoms with E-state index in [1.54, 1.807) is 5.57 Å². The van der Waals surface area contributed by atoms with Crippen molar-refractivity contribution in [3.05, 3.63) is 9.15 Å². The van der Waals surface area contributed by atoms with Gasteiger partial charge in [0, 0.05) is 12.3 Å². The highest BCUT2D eigenvalue weighted by molar-refractivity contribution is 14.1. The summed E-state index contributed by atoms with van der Waals surface area (Å²) in [6.07, 6.45) is 3.67. The molecule has 0 N–H and O–H groups in total. The summed E-state index contributed by atoms with van der Waals surface area (Å²) in [5.41, 5.74) is 1.59. The lowest BCUT2D eigenvalue weighted by Gasteiger charge is -2.48. The smallest absolute Gasteiger partial charge is 0.176 e. The molecule has 1 spiro atoms. The van der Waals surface area contributed by atoms with Crippen LogP contribution >= 0.6 is 22.6 Å². The van der Waals surface area contributed by atoms with Gasteiger partial charge < -0.3 is 9.47 Å². The van der Waals surface area contributed by atoms with Crippen LogP contribution in [0.3, 0.4) is 0 Å². The molecule has 4 rings (SSSR count). The Morgan fingerprint density at radius 3 is 2.64 bits per heavy atom. The summed E-state index contributed by atoms with van der Waals surface area (Å²) in [7, 11) is 0. The summed E-state index contributed by atoms with van der Waals surface area (Å²) in [5.74, 6) is 1.01. The molecule has 1 aliphatic heterocycles. The van der Waals surface area contributed by atoms with Crippen LogP contribution in [0.15, 0.2) is 9.15 Å². The molecule has 0 aromatic carbocycles. The molecule has 3 heteroatoms. The Bertz CT molecular complexity index is 292. The van der Waals surface area contributed by atoms with E-state index >= 15 is 0 Å². The van der Waals surface area contributed by atoms with Crippen LogP contribution in [0, 0.1) is 11.8 Å². The third-order valence-electron chi connectivity index (χ3n) is 3.94. The quantitative estimate of drug-likeness (QED) is 0.641. The fraction of sp³-hybridized carbons (Fsp3) is 0.818. The summed E-state index contributed by atoms with van der Waals surface area (Å²) in [5, 5.41) is 0. The van der Waals surface area contributed by atoms with E-state index < -0.39 is 0 Å². The van der Waals surface area contributed by atoms with Crippen LogP contribution in [0.4, 0.5) is 0 Å².